The third-order valence-corrected chi connectivity index (χ3v) is 8.11. The highest BCUT2D eigenvalue weighted by atomic mass is 32.2. The monoisotopic (exact) mass is 567 g/mol. The van der Waals surface area contributed by atoms with E-state index in [-0.39, 0.29) is 34.8 Å². The number of carbonyl (C=O) groups is 2. The van der Waals surface area contributed by atoms with Crippen molar-refractivity contribution in [3.63, 3.8) is 0 Å². The standard InChI is InChI=1S/C30H37N3O6S/c1-21(2)31-30(35)23(4)32(19-24-14-12-22(3)13-15-24)29(34)20-33(40(36,37)26-10-8-7-9-11-26)27-18-25(38-5)16-17-28(27)39-6/h7-18,21,23H,19-20H2,1-6H3,(H,31,35)/t23-/m1/s1. The van der Waals surface area contributed by atoms with Crippen LogP contribution in [0.3, 0.4) is 0 Å². The molecule has 3 aromatic rings. The molecule has 40 heavy (non-hydrogen) atoms. The van der Waals surface area contributed by atoms with Gasteiger partial charge in [0.05, 0.1) is 24.8 Å². The number of anilines is 1. The predicted octanol–water partition coefficient (Wildman–Crippen LogP) is 4.15. The Labute approximate surface area is 236 Å². The fourth-order valence-electron chi connectivity index (χ4n) is 4.10. The van der Waals surface area contributed by atoms with Crippen molar-refractivity contribution in [3.05, 3.63) is 83.9 Å². The van der Waals surface area contributed by atoms with E-state index in [1.54, 1.807) is 37.3 Å². The molecule has 3 rings (SSSR count). The number of benzene rings is 3. The third-order valence-electron chi connectivity index (χ3n) is 6.34. The van der Waals surface area contributed by atoms with Gasteiger partial charge in [0.2, 0.25) is 11.8 Å². The molecule has 0 spiro atoms. The first-order chi connectivity index (χ1) is 19.0. The van der Waals surface area contributed by atoms with E-state index in [0.717, 1.165) is 15.4 Å². The van der Waals surface area contributed by atoms with E-state index in [1.807, 2.05) is 45.0 Å². The molecule has 0 aromatic heterocycles. The Morgan fingerprint density at radius 2 is 1.55 bits per heavy atom. The van der Waals surface area contributed by atoms with Crippen LogP contribution in [0.4, 0.5) is 5.69 Å². The summed E-state index contributed by atoms with van der Waals surface area (Å²) < 4.78 is 39.8. The largest absolute Gasteiger partial charge is 0.497 e. The summed E-state index contributed by atoms with van der Waals surface area (Å²) in [6, 6.07) is 19.2. The molecule has 0 aliphatic carbocycles. The number of nitrogens with zero attached hydrogens (tertiary/aromatic N) is 2. The van der Waals surface area contributed by atoms with E-state index in [2.05, 4.69) is 5.32 Å². The van der Waals surface area contributed by atoms with Crippen molar-refractivity contribution in [2.24, 2.45) is 0 Å². The van der Waals surface area contributed by atoms with Crippen LogP contribution in [0, 0.1) is 6.92 Å². The number of methoxy groups -OCH3 is 2. The molecule has 0 saturated carbocycles. The Morgan fingerprint density at radius 3 is 2.12 bits per heavy atom. The summed E-state index contributed by atoms with van der Waals surface area (Å²) in [6.45, 7) is 6.79. The van der Waals surface area contributed by atoms with Gasteiger partial charge in [0, 0.05) is 18.7 Å². The number of carbonyl (C=O) groups excluding carboxylic acids is 2. The molecule has 10 heteroatoms. The van der Waals surface area contributed by atoms with Crippen molar-refractivity contribution in [3.8, 4) is 11.5 Å². The minimum atomic E-state index is -4.23. The van der Waals surface area contributed by atoms with Gasteiger partial charge in [-0.05, 0) is 57.5 Å². The molecule has 0 heterocycles. The van der Waals surface area contributed by atoms with Gasteiger partial charge in [0.25, 0.3) is 10.0 Å². The Bertz CT molecular complexity index is 1410. The lowest BCUT2D eigenvalue weighted by atomic mass is 10.1. The average molecular weight is 568 g/mol. The molecule has 0 saturated heterocycles. The zero-order chi connectivity index (χ0) is 29.4. The number of hydrogen-bond donors (Lipinski definition) is 1. The van der Waals surface area contributed by atoms with Gasteiger partial charge in [-0.2, -0.15) is 0 Å². The van der Waals surface area contributed by atoms with E-state index in [0.29, 0.717) is 5.75 Å². The highest BCUT2D eigenvalue weighted by Gasteiger charge is 2.34. The summed E-state index contributed by atoms with van der Waals surface area (Å²) >= 11 is 0. The van der Waals surface area contributed by atoms with Crippen molar-refractivity contribution in [1.82, 2.24) is 10.2 Å². The molecule has 9 nitrogen and oxygen atoms in total. The van der Waals surface area contributed by atoms with Gasteiger partial charge in [0.1, 0.15) is 24.1 Å². The number of nitrogens with one attached hydrogen (secondary N) is 1. The normalized spacial score (nSPS) is 12.0. The van der Waals surface area contributed by atoms with Crippen LogP contribution in [-0.4, -0.2) is 58.0 Å². The highest BCUT2D eigenvalue weighted by Crippen LogP contribution is 2.36. The van der Waals surface area contributed by atoms with E-state index in [4.69, 9.17) is 9.47 Å². The van der Waals surface area contributed by atoms with Gasteiger partial charge in [-0.3, -0.25) is 13.9 Å². The summed E-state index contributed by atoms with van der Waals surface area (Å²) in [5, 5.41) is 2.85. The number of hydrogen-bond acceptors (Lipinski definition) is 6. The molecule has 214 valence electrons. The minimum absolute atomic E-state index is 0.00311. The molecular weight excluding hydrogens is 530 g/mol. The summed E-state index contributed by atoms with van der Waals surface area (Å²) in [5.74, 6) is -0.273. The Balaban J connectivity index is 2.10. The van der Waals surface area contributed by atoms with E-state index < -0.39 is 28.5 Å². The molecule has 1 N–H and O–H groups in total. The number of aryl methyl sites for hydroxylation is 1. The molecule has 0 bridgehead atoms. The topological polar surface area (TPSA) is 105 Å². The van der Waals surface area contributed by atoms with Crippen LogP contribution in [0.15, 0.2) is 77.7 Å². The molecule has 0 radical (unpaired) electrons. The summed E-state index contributed by atoms with van der Waals surface area (Å²) in [7, 11) is -1.35. The van der Waals surface area contributed by atoms with E-state index >= 15 is 0 Å². The fraction of sp³-hybridized carbons (Fsp3) is 0.333. The first-order valence-electron chi connectivity index (χ1n) is 12.9. The molecule has 2 amide bonds. The van der Waals surface area contributed by atoms with Crippen LogP contribution >= 0.6 is 0 Å². The first kappa shape index (κ1) is 30.5. The van der Waals surface area contributed by atoms with Gasteiger partial charge >= 0.3 is 0 Å². The SMILES string of the molecule is COc1ccc(OC)c(N(CC(=O)N(Cc2ccc(C)cc2)[C@H](C)C(=O)NC(C)C)S(=O)(=O)c2ccccc2)c1. The smallest absolute Gasteiger partial charge is 0.264 e. The maximum Gasteiger partial charge on any atom is 0.264 e. The van der Waals surface area contributed by atoms with Crippen LogP contribution in [0.2, 0.25) is 0 Å². The molecule has 0 aliphatic rings. The van der Waals surface area contributed by atoms with Gasteiger partial charge < -0.3 is 19.7 Å². The van der Waals surface area contributed by atoms with Gasteiger partial charge in [0.15, 0.2) is 0 Å². The molecule has 1 atom stereocenters. The molecule has 3 aromatic carbocycles. The van der Waals surface area contributed by atoms with Gasteiger partial charge in [-0.1, -0.05) is 48.0 Å². The second-order valence-electron chi connectivity index (χ2n) is 9.71. The third kappa shape index (κ3) is 7.32. The van der Waals surface area contributed by atoms with E-state index in [9.17, 15) is 18.0 Å². The maximum absolute atomic E-state index is 14.0. The second kappa shape index (κ2) is 13.3. The Hall–Kier alpha value is -4.05. The average Bonchev–Trinajstić information content (AvgIpc) is 2.94. The Kier molecular flexibility index (Phi) is 10.2. The lowest BCUT2D eigenvalue weighted by Crippen LogP contribution is -2.52. The van der Waals surface area contributed by atoms with Crippen molar-refractivity contribution >= 4 is 27.5 Å². The first-order valence-corrected chi connectivity index (χ1v) is 14.4. The minimum Gasteiger partial charge on any atom is -0.497 e. The maximum atomic E-state index is 14.0. The van der Waals surface area contributed by atoms with Crippen LogP contribution < -0.4 is 19.1 Å². The van der Waals surface area contributed by atoms with Crippen molar-refractivity contribution in [2.45, 2.75) is 51.2 Å². The van der Waals surface area contributed by atoms with Crippen molar-refractivity contribution in [2.75, 3.05) is 25.1 Å². The number of sulfonamides is 1. The number of ether oxygens (including phenoxy) is 2. The number of rotatable bonds is 12. The second-order valence-corrected chi connectivity index (χ2v) is 11.6. The van der Waals surface area contributed by atoms with Crippen LogP contribution in [-0.2, 0) is 26.2 Å². The summed E-state index contributed by atoms with van der Waals surface area (Å²) in [5.41, 5.74) is 1.99. The van der Waals surface area contributed by atoms with Crippen molar-refractivity contribution in [1.29, 1.82) is 0 Å². The lowest BCUT2D eigenvalue weighted by Gasteiger charge is -2.32. The molecule has 0 unspecified atom stereocenters. The fourth-order valence-corrected chi connectivity index (χ4v) is 5.54. The van der Waals surface area contributed by atoms with Crippen LogP contribution in [0.25, 0.3) is 0 Å². The van der Waals surface area contributed by atoms with E-state index in [1.165, 1.54) is 37.3 Å². The van der Waals surface area contributed by atoms with Gasteiger partial charge in [-0.15, -0.1) is 0 Å². The molecular formula is C30H37N3O6S. The van der Waals surface area contributed by atoms with Crippen LogP contribution in [0.1, 0.15) is 31.9 Å². The summed E-state index contributed by atoms with van der Waals surface area (Å²) in [6.07, 6.45) is 0. The number of amides is 2. The lowest BCUT2D eigenvalue weighted by molar-refractivity contribution is -0.139. The highest BCUT2D eigenvalue weighted by molar-refractivity contribution is 7.92. The molecule has 0 fully saturated rings. The predicted molar refractivity (Wildman–Crippen MR) is 155 cm³/mol. The zero-order valence-corrected chi connectivity index (χ0v) is 24.6. The quantitative estimate of drug-likeness (QED) is 0.353. The van der Waals surface area contributed by atoms with Crippen molar-refractivity contribution < 1.29 is 27.5 Å². The van der Waals surface area contributed by atoms with Crippen LogP contribution in [0.5, 0.6) is 11.5 Å². The Morgan fingerprint density at radius 1 is 0.900 bits per heavy atom. The molecule has 0 aliphatic heterocycles. The van der Waals surface area contributed by atoms with Gasteiger partial charge in [-0.25, -0.2) is 8.42 Å². The zero-order valence-electron chi connectivity index (χ0n) is 23.7. The summed E-state index contributed by atoms with van der Waals surface area (Å²) in [4.78, 5) is 28.5.